The van der Waals surface area contributed by atoms with Crippen molar-refractivity contribution in [3.63, 3.8) is 0 Å². The van der Waals surface area contributed by atoms with E-state index < -0.39 is 0 Å². The summed E-state index contributed by atoms with van der Waals surface area (Å²) in [7, 11) is 0. The first-order valence-electron chi connectivity index (χ1n) is 9.99. The van der Waals surface area contributed by atoms with Gasteiger partial charge in [0.05, 0.1) is 5.56 Å². The van der Waals surface area contributed by atoms with Crippen LogP contribution in [0.25, 0.3) is 0 Å². The molecule has 2 heterocycles. The first-order chi connectivity index (χ1) is 15.0. The summed E-state index contributed by atoms with van der Waals surface area (Å²) in [5.74, 6) is 1.21. The lowest BCUT2D eigenvalue weighted by atomic mass is 9.87. The number of ether oxygens (including phenoxy) is 1. The van der Waals surface area contributed by atoms with E-state index in [1.807, 2.05) is 49.4 Å². The van der Waals surface area contributed by atoms with Crippen LogP contribution in [0.5, 0.6) is 5.75 Å². The van der Waals surface area contributed by atoms with E-state index in [0.29, 0.717) is 34.6 Å². The molecule has 0 saturated carbocycles. The SMILES string of the molecule is C=CCOc1ccc(C2CC(=O)Nc3nc(SCc4cccc(C)c4)[nH]c(=O)c32)cc1. The van der Waals surface area contributed by atoms with Gasteiger partial charge in [0.15, 0.2) is 5.16 Å². The third kappa shape index (κ3) is 4.88. The van der Waals surface area contributed by atoms with Crippen LogP contribution in [0.4, 0.5) is 5.82 Å². The van der Waals surface area contributed by atoms with Gasteiger partial charge in [-0.25, -0.2) is 4.98 Å². The molecule has 1 aliphatic rings. The zero-order valence-electron chi connectivity index (χ0n) is 17.2. The molecule has 4 rings (SSSR count). The van der Waals surface area contributed by atoms with Gasteiger partial charge in [-0.2, -0.15) is 0 Å². The molecular weight excluding hydrogens is 410 g/mol. The van der Waals surface area contributed by atoms with Crippen molar-refractivity contribution in [3.05, 3.63) is 93.8 Å². The predicted octanol–water partition coefficient (Wildman–Crippen LogP) is 4.41. The summed E-state index contributed by atoms with van der Waals surface area (Å²) in [4.78, 5) is 32.7. The normalized spacial score (nSPS) is 15.1. The maximum Gasteiger partial charge on any atom is 0.257 e. The molecule has 0 aliphatic carbocycles. The second-order valence-corrected chi connectivity index (χ2v) is 8.35. The summed E-state index contributed by atoms with van der Waals surface area (Å²) in [5.41, 5.74) is 3.45. The van der Waals surface area contributed by atoms with Crippen molar-refractivity contribution in [2.75, 3.05) is 11.9 Å². The van der Waals surface area contributed by atoms with Gasteiger partial charge in [-0.1, -0.05) is 66.4 Å². The highest BCUT2D eigenvalue weighted by atomic mass is 32.2. The van der Waals surface area contributed by atoms with Crippen LogP contribution in [0.3, 0.4) is 0 Å². The molecule has 2 N–H and O–H groups in total. The van der Waals surface area contributed by atoms with Gasteiger partial charge in [0.1, 0.15) is 18.2 Å². The third-order valence-electron chi connectivity index (χ3n) is 5.04. The average Bonchev–Trinajstić information content (AvgIpc) is 2.76. The van der Waals surface area contributed by atoms with Gasteiger partial charge in [-0.3, -0.25) is 9.59 Å². The maximum absolute atomic E-state index is 13.0. The van der Waals surface area contributed by atoms with Gasteiger partial charge in [-0.05, 0) is 30.2 Å². The highest BCUT2D eigenvalue weighted by molar-refractivity contribution is 7.98. The summed E-state index contributed by atoms with van der Waals surface area (Å²) in [6.45, 7) is 6.09. The molecule has 0 fully saturated rings. The van der Waals surface area contributed by atoms with E-state index in [-0.39, 0.29) is 23.8 Å². The number of hydrogen-bond donors (Lipinski definition) is 2. The van der Waals surface area contributed by atoms with Crippen LogP contribution in [0, 0.1) is 6.92 Å². The fourth-order valence-electron chi connectivity index (χ4n) is 3.61. The van der Waals surface area contributed by atoms with Gasteiger partial charge in [0.25, 0.3) is 5.56 Å². The van der Waals surface area contributed by atoms with Gasteiger partial charge in [0, 0.05) is 18.1 Å². The highest BCUT2D eigenvalue weighted by Gasteiger charge is 2.31. The van der Waals surface area contributed by atoms with Crippen LogP contribution in [-0.4, -0.2) is 22.5 Å². The Hall–Kier alpha value is -3.32. The summed E-state index contributed by atoms with van der Waals surface area (Å²) >= 11 is 1.43. The van der Waals surface area contributed by atoms with Crippen molar-refractivity contribution in [1.29, 1.82) is 0 Å². The van der Waals surface area contributed by atoms with Gasteiger partial charge < -0.3 is 15.0 Å². The zero-order chi connectivity index (χ0) is 21.8. The number of nitrogens with one attached hydrogen (secondary N) is 2. The number of aromatic nitrogens is 2. The second-order valence-electron chi connectivity index (χ2n) is 7.38. The van der Waals surface area contributed by atoms with Crippen LogP contribution in [0.2, 0.25) is 0 Å². The quantitative estimate of drug-likeness (QED) is 0.328. The molecule has 1 unspecified atom stereocenters. The van der Waals surface area contributed by atoms with E-state index >= 15 is 0 Å². The molecule has 1 aromatic heterocycles. The molecular formula is C24H23N3O3S. The van der Waals surface area contributed by atoms with Crippen LogP contribution >= 0.6 is 11.8 Å². The number of aryl methyl sites for hydroxylation is 1. The number of nitrogens with zero attached hydrogens (tertiary/aromatic N) is 1. The average molecular weight is 434 g/mol. The van der Waals surface area contributed by atoms with Crippen molar-refractivity contribution >= 4 is 23.5 Å². The predicted molar refractivity (Wildman–Crippen MR) is 123 cm³/mol. The molecule has 0 radical (unpaired) electrons. The van der Waals surface area contributed by atoms with Crippen molar-refractivity contribution < 1.29 is 9.53 Å². The minimum atomic E-state index is -0.357. The number of fused-ring (bicyclic) bond motifs is 1. The molecule has 0 bridgehead atoms. The van der Waals surface area contributed by atoms with Crippen LogP contribution < -0.4 is 15.6 Å². The molecule has 0 saturated heterocycles. The largest absolute Gasteiger partial charge is 0.490 e. The number of amides is 1. The third-order valence-corrected chi connectivity index (χ3v) is 5.98. The molecule has 1 aliphatic heterocycles. The topological polar surface area (TPSA) is 84.1 Å². The lowest BCUT2D eigenvalue weighted by Gasteiger charge is -2.24. The summed E-state index contributed by atoms with van der Waals surface area (Å²) < 4.78 is 5.52. The number of aromatic amines is 1. The van der Waals surface area contributed by atoms with Gasteiger partial charge >= 0.3 is 0 Å². The summed E-state index contributed by atoms with van der Waals surface area (Å²) in [5, 5.41) is 3.25. The molecule has 1 atom stereocenters. The molecule has 1 amide bonds. The number of H-pyrrole nitrogens is 1. The zero-order valence-corrected chi connectivity index (χ0v) is 18.0. The Kier molecular flexibility index (Phi) is 6.23. The maximum atomic E-state index is 13.0. The van der Waals surface area contributed by atoms with Gasteiger partial charge in [-0.15, -0.1) is 0 Å². The Morgan fingerprint density at radius 3 is 2.77 bits per heavy atom. The highest BCUT2D eigenvalue weighted by Crippen LogP contribution is 2.35. The molecule has 7 heteroatoms. The smallest absolute Gasteiger partial charge is 0.257 e. The molecule has 6 nitrogen and oxygen atoms in total. The number of benzene rings is 2. The lowest BCUT2D eigenvalue weighted by Crippen LogP contribution is -2.31. The van der Waals surface area contributed by atoms with Crippen LogP contribution in [0.15, 0.2) is 71.1 Å². The van der Waals surface area contributed by atoms with Crippen LogP contribution in [-0.2, 0) is 10.5 Å². The van der Waals surface area contributed by atoms with Gasteiger partial charge in [0.2, 0.25) is 5.91 Å². The molecule has 0 spiro atoms. The number of anilines is 1. The van der Waals surface area contributed by atoms with E-state index in [9.17, 15) is 9.59 Å². The Bertz CT molecular complexity index is 1170. The van der Waals surface area contributed by atoms with Crippen molar-refractivity contribution in [1.82, 2.24) is 9.97 Å². The monoisotopic (exact) mass is 433 g/mol. The van der Waals surface area contributed by atoms with E-state index in [1.54, 1.807) is 6.08 Å². The van der Waals surface area contributed by atoms with Crippen molar-refractivity contribution in [2.45, 2.75) is 30.2 Å². The molecule has 31 heavy (non-hydrogen) atoms. The summed E-state index contributed by atoms with van der Waals surface area (Å²) in [6.07, 6.45) is 1.87. The Balaban J connectivity index is 1.59. The number of rotatable bonds is 7. The lowest BCUT2D eigenvalue weighted by molar-refractivity contribution is -0.116. The van der Waals surface area contributed by atoms with E-state index in [0.717, 1.165) is 11.1 Å². The minimum Gasteiger partial charge on any atom is -0.490 e. The van der Waals surface area contributed by atoms with E-state index in [1.165, 1.54) is 17.3 Å². The fourth-order valence-corrected chi connectivity index (χ4v) is 4.41. The van der Waals surface area contributed by atoms with Crippen molar-refractivity contribution in [3.8, 4) is 5.75 Å². The van der Waals surface area contributed by atoms with E-state index in [4.69, 9.17) is 4.74 Å². The first kappa shape index (κ1) is 20.9. The number of thioether (sulfide) groups is 1. The Labute approximate surface area is 184 Å². The molecule has 3 aromatic rings. The van der Waals surface area contributed by atoms with Crippen molar-refractivity contribution in [2.24, 2.45) is 0 Å². The minimum absolute atomic E-state index is 0.155. The number of carbonyl (C=O) groups is 1. The number of carbonyl (C=O) groups excluding carboxylic acids is 1. The molecule has 158 valence electrons. The van der Waals surface area contributed by atoms with E-state index in [2.05, 4.69) is 27.9 Å². The Morgan fingerprint density at radius 2 is 2.03 bits per heavy atom. The second kappa shape index (κ2) is 9.22. The first-order valence-corrected chi connectivity index (χ1v) is 11.0. The Morgan fingerprint density at radius 1 is 1.23 bits per heavy atom. The standard InChI is InChI=1S/C24H23N3O3S/c1-3-11-30-18-9-7-17(8-10-18)19-13-20(28)25-22-21(19)23(29)27-24(26-22)31-14-16-6-4-5-15(2)12-16/h3-10,12,19H,1,11,13-14H2,2H3,(H2,25,26,27,28,29). The molecule has 2 aromatic carbocycles. The number of hydrogen-bond acceptors (Lipinski definition) is 5. The van der Waals surface area contributed by atoms with Crippen LogP contribution in [0.1, 0.15) is 34.6 Å². The fraction of sp³-hybridized carbons (Fsp3) is 0.208. The summed E-state index contributed by atoms with van der Waals surface area (Å²) in [6, 6.07) is 15.6.